The van der Waals surface area contributed by atoms with Crippen molar-refractivity contribution in [2.75, 3.05) is 26.8 Å². The highest BCUT2D eigenvalue weighted by atomic mass is 16.5. The first-order chi connectivity index (χ1) is 7.67. The minimum atomic E-state index is -0.185. The lowest BCUT2D eigenvalue weighted by Crippen LogP contribution is -2.47. The van der Waals surface area contributed by atoms with Crippen molar-refractivity contribution in [2.24, 2.45) is 0 Å². The van der Waals surface area contributed by atoms with E-state index in [9.17, 15) is 4.79 Å². The summed E-state index contributed by atoms with van der Waals surface area (Å²) in [5.41, 5.74) is 0. The van der Waals surface area contributed by atoms with Gasteiger partial charge in [-0.25, -0.2) is 0 Å². The molecule has 0 aromatic heterocycles. The predicted octanol–water partition coefficient (Wildman–Crippen LogP) is 1.44. The Bertz CT molecular complexity index is 220. The molecule has 94 valence electrons. The third-order valence-corrected chi connectivity index (χ3v) is 3.12. The maximum atomic E-state index is 11.2. The Morgan fingerprint density at radius 1 is 1.62 bits per heavy atom. The van der Waals surface area contributed by atoms with Crippen molar-refractivity contribution in [3.05, 3.63) is 0 Å². The first-order valence-corrected chi connectivity index (χ1v) is 6.09. The Morgan fingerprint density at radius 2 is 2.38 bits per heavy atom. The number of morpholine rings is 1. The third-order valence-electron chi connectivity index (χ3n) is 3.12. The molecule has 0 aromatic carbocycles. The molecule has 1 heterocycles. The van der Waals surface area contributed by atoms with Crippen LogP contribution in [0.15, 0.2) is 0 Å². The highest BCUT2D eigenvalue weighted by Gasteiger charge is 2.25. The van der Waals surface area contributed by atoms with E-state index >= 15 is 0 Å². The van der Waals surface area contributed by atoms with Crippen LogP contribution in [0.4, 0.5) is 0 Å². The SMILES string of the molecule is CCCC(C)N1CCOC(CC(=O)OC)C1. The van der Waals surface area contributed by atoms with Gasteiger partial charge in [-0.3, -0.25) is 9.69 Å². The molecule has 0 aliphatic carbocycles. The summed E-state index contributed by atoms with van der Waals surface area (Å²) >= 11 is 0. The summed E-state index contributed by atoms with van der Waals surface area (Å²) < 4.78 is 10.2. The van der Waals surface area contributed by atoms with Gasteiger partial charge in [0.2, 0.25) is 0 Å². The maximum Gasteiger partial charge on any atom is 0.308 e. The van der Waals surface area contributed by atoms with Crippen molar-refractivity contribution in [3.8, 4) is 0 Å². The molecule has 2 unspecified atom stereocenters. The minimum absolute atomic E-state index is 0.000469. The first kappa shape index (κ1) is 13.5. The van der Waals surface area contributed by atoms with Gasteiger partial charge in [0, 0.05) is 19.1 Å². The molecule has 16 heavy (non-hydrogen) atoms. The summed E-state index contributed by atoms with van der Waals surface area (Å²) in [5, 5.41) is 0. The van der Waals surface area contributed by atoms with Crippen LogP contribution in [-0.4, -0.2) is 49.8 Å². The second-order valence-corrected chi connectivity index (χ2v) is 4.41. The number of carbonyl (C=O) groups is 1. The van der Waals surface area contributed by atoms with Gasteiger partial charge in [0.25, 0.3) is 0 Å². The normalized spacial score (nSPS) is 24.1. The van der Waals surface area contributed by atoms with Crippen molar-refractivity contribution in [1.82, 2.24) is 4.90 Å². The van der Waals surface area contributed by atoms with Crippen LogP contribution in [0.1, 0.15) is 33.1 Å². The standard InChI is InChI=1S/C12H23NO3/c1-4-5-10(2)13-6-7-16-11(9-13)8-12(14)15-3/h10-11H,4-9H2,1-3H3. The van der Waals surface area contributed by atoms with Gasteiger partial charge in [-0.2, -0.15) is 0 Å². The summed E-state index contributed by atoms with van der Waals surface area (Å²) in [6.45, 7) is 6.97. The lowest BCUT2D eigenvalue weighted by atomic mass is 10.1. The largest absolute Gasteiger partial charge is 0.469 e. The highest BCUT2D eigenvalue weighted by Crippen LogP contribution is 2.14. The summed E-state index contributed by atoms with van der Waals surface area (Å²) in [6.07, 6.45) is 2.76. The number of methoxy groups -OCH3 is 1. The number of hydrogen-bond acceptors (Lipinski definition) is 4. The van der Waals surface area contributed by atoms with Crippen LogP contribution in [0, 0.1) is 0 Å². The van der Waals surface area contributed by atoms with Gasteiger partial charge in [0.15, 0.2) is 0 Å². The molecule has 1 rings (SSSR count). The van der Waals surface area contributed by atoms with Crippen LogP contribution in [0.3, 0.4) is 0 Å². The van der Waals surface area contributed by atoms with Gasteiger partial charge in [-0.1, -0.05) is 13.3 Å². The number of nitrogens with zero attached hydrogens (tertiary/aromatic N) is 1. The van der Waals surface area contributed by atoms with Crippen LogP contribution in [0.2, 0.25) is 0 Å². The van der Waals surface area contributed by atoms with Crippen LogP contribution in [0.25, 0.3) is 0 Å². The average molecular weight is 229 g/mol. The van der Waals surface area contributed by atoms with E-state index in [0.717, 1.165) is 19.7 Å². The van der Waals surface area contributed by atoms with Crippen LogP contribution < -0.4 is 0 Å². The fourth-order valence-corrected chi connectivity index (χ4v) is 2.14. The summed E-state index contributed by atoms with van der Waals surface area (Å²) in [5.74, 6) is -0.185. The summed E-state index contributed by atoms with van der Waals surface area (Å²) in [6, 6.07) is 0.578. The lowest BCUT2D eigenvalue weighted by Gasteiger charge is -2.36. The lowest BCUT2D eigenvalue weighted by molar-refractivity contribution is -0.146. The van der Waals surface area contributed by atoms with E-state index in [-0.39, 0.29) is 12.1 Å². The fourth-order valence-electron chi connectivity index (χ4n) is 2.14. The molecule has 1 aliphatic heterocycles. The smallest absolute Gasteiger partial charge is 0.308 e. The molecule has 0 amide bonds. The molecule has 0 N–H and O–H groups in total. The van der Waals surface area contributed by atoms with Gasteiger partial charge < -0.3 is 9.47 Å². The Hall–Kier alpha value is -0.610. The average Bonchev–Trinajstić information content (AvgIpc) is 2.29. The van der Waals surface area contributed by atoms with Crippen molar-refractivity contribution in [2.45, 2.75) is 45.3 Å². The van der Waals surface area contributed by atoms with E-state index < -0.39 is 0 Å². The second-order valence-electron chi connectivity index (χ2n) is 4.41. The molecule has 4 nitrogen and oxygen atoms in total. The van der Waals surface area contributed by atoms with Crippen molar-refractivity contribution in [3.63, 3.8) is 0 Å². The van der Waals surface area contributed by atoms with E-state index in [4.69, 9.17) is 4.74 Å². The molecule has 4 heteroatoms. The second kappa shape index (κ2) is 6.86. The van der Waals surface area contributed by atoms with Gasteiger partial charge in [0.1, 0.15) is 0 Å². The van der Waals surface area contributed by atoms with E-state index in [1.807, 2.05) is 0 Å². The predicted molar refractivity (Wildman–Crippen MR) is 62.3 cm³/mol. The molecule has 1 saturated heterocycles. The zero-order valence-electron chi connectivity index (χ0n) is 10.6. The molecule has 0 radical (unpaired) electrons. The zero-order valence-corrected chi connectivity index (χ0v) is 10.6. The molecule has 0 spiro atoms. The van der Waals surface area contributed by atoms with Crippen molar-refractivity contribution in [1.29, 1.82) is 0 Å². The zero-order chi connectivity index (χ0) is 12.0. The van der Waals surface area contributed by atoms with E-state index in [1.54, 1.807) is 0 Å². The van der Waals surface area contributed by atoms with Crippen LogP contribution >= 0.6 is 0 Å². The van der Waals surface area contributed by atoms with Crippen molar-refractivity contribution < 1.29 is 14.3 Å². The van der Waals surface area contributed by atoms with Gasteiger partial charge in [-0.05, 0) is 13.3 Å². The number of hydrogen-bond donors (Lipinski definition) is 0. The maximum absolute atomic E-state index is 11.2. The molecule has 1 fully saturated rings. The molecule has 1 aliphatic rings. The molecular formula is C12H23NO3. The number of esters is 1. The highest BCUT2D eigenvalue weighted by molar-refractivity contribution is 5.69. The van der Waals surface area contributed by atoms with Crippen LogP contribution in [0.5, 0.6) is 0 Å². The third kappa shape index (κ3) is 4.10. The molecule has 0 bridgehead atoms. The monoisotopic (exact) mass is 229 g/mol. The molecular weight excluding hydrogens is 206 g/mol. The van der Waals surface area contributed by atoms with E-state index in [2.05, 4.69) is 23.5 Å². The van der Waals surface area contributed by atoms with Gasteiger partial charge in [0.05, 0.1) is 26.2 Å². The molecule has 0 aromatic rings. The Balaban J connectivity index is 2.37. The van der Waals surface area contributed by atoms with E-state index in [0.29, 0.717) is 12.5 Å². The Labute approximate surface area is 97.9 Å². The number of carbonyl (C=O) groups excluding carboxylic acids is 1. The summed E-state index contributed by atoms with van der Waals surface area (Å²) in [4.78, 5) is 13.6. The van der Waals surface area contributed by atoms with Crippen molar-refractivity contribution >= 4 is 5.97 Å². The van der Waals surface area contributed by atoms with E-state index in [1.165, 1.54) is 20.0 Å². The molecule has 0 saturated carbocycles. The first-order valence-electron chi connectivity index (χ1n) is 6.09. The Kier molecular flexibility index (Phi) is 5.77. The number of rotatable bonds is 5. The minimum Gasteiger partial charge on any atom is -0.469 e. The fraction of sp³-hybridized carbons (Fsp3) is 0.917. The molecule has 2 atom stereocenters. The van der Waals surface area contributed by atoms with Crippen LogP contribution in [-0.2, 0) is 14.3 Å². The quantitative estimate of drug-likeness (QED) is 0.669. The topological polar surface area (TPSA) is 38.8 Å². The number of ether oxygens (including phenoxy) is 2. The summed E-state index contributed by atoms with van der Waals surface area (Å²) in [7, 11) is 1.42. The Morgan fingerprint density at radius 3 is 3.00 bits per heavy atom. The van der Waals surface area contributed by atoms with Gasteiger partial charge >= 0.3 is 5.97 Å². The van der Waals surface area contributed by atoms with Gasteiger partial charge in [-0.15, -0.1) is 0 Å².